The molecule has 0 saturated carbocycles. The van der Waals surface area contributed by atoms with E-state index < -0.39 is 16.1 Å². The minimum Gasteiger partial charge on any atom is -0.454 e. The Morgan fingerprint density at radius 3 is 2.61 bits per heavy atom. The average molecular weight is 495 g/mol. The molecule has 1 fully saturated rings. The van der Waals surface area contributed by atoms with Crippen LogP contribution in [0.5, 0.6) is 11.5 Å². The largest absolute Gasteiger partial charge is 0.454 e. The highest BCUT2D eigenvalue weighted by atomic mass is 32.2. The van der Waals surface area contributed by atoms with Crippen LogP contribution in [0.25, 0.3) is 0 Å². The Labute approximate surface area is 196 Å². The first-order valence-electron chi connectivity index (χ1n) is 10.4. The summed E-state index contributed by atoms with van der Waals surface area (Å²) in [5, 5.41) is 5.93. The van der Waals surface area contributed by atoms with Gasteiger partial charge in [-0.1, -0.05) is 20.8 Å². The third-order valence-electron chi connectivity index (χ3n) is 5.18. The molecule has 1 aromatic carbocycles. The van der Waals surface area contributed by atoms with Gasteiger partial charge >= 0.3 is 6.03 Å². The van der Waals surface area contributed by atoms with Gasteiger partial charge in [-0.2, -0.15) is 0 Å². The van der Waals surface area contributed by atoms with Crippen molar-refractivity contribution in [3.63, 3.8) is 0 Å². The number of benzene rings is 1. The summed E-state index contributed by atoms with van der Waals surface area (Å²) in [6, 6.07) is 6.32. The highest BCUT2D eigenvalue weighted by molar-refractivity contribution is 7.89. The number of ether oxygens (including phenoxy) is 2. The third kappa shape index (κ3) is 5.40. The molecular weight excluding hydrogens is 468 g/mol. The van der Waals surface area contributed by atoms with Gasteiger partial charge in [0, 0.05) is 36.3 Å². The molecule has 33 heavy (non-hydrogen) atoms. The fourth-order valence-corrected chi connectivity index (χ4v) is 5.49. The van der Waals surface area contributed by atoms with Crippen molar-refractivity contribution in [1.82, 2.24) is 9.62 Å². The molecule has 3 amide bonds. The number of rotatable bonds is 3. The number of carbonyl (C=O) groups is 2. The van der Waals surface area contributed by atoms with Crippen molar-refractivity contribution in [1.29, 1.82) is 0 Å². The van der Waals surface area contributed by atoms with Crippen molar-refractivity contribution in [2.45, 2.75) is 26.2 Å². The number of anilines is 2. The first-order valence-corrected chi connectivity index (χ1v) is 12.9. The van der Waals surface area contributed by atoms with Crippen LogP contribution >= 0.6 is 11.3 Å². The second-order valence-electron chi connectivity index (χ2n) is 8.76. The van der Waals surface area contributed by atoms with Gasteiger partial charge in [0.25, 0.3) is 5.91 Å². The quantitative estimate of drug-likeness (QED) is 0.602. The lowest BCUT2D eigenvalue weighted by molar-refractivity contribution is 0.0773. The number of fused-ring (bicyclic) bond motifs is 1. The van der Waals surface area contributed by atoms with Gasteiger partial charge in [0.15, 0.2) is 11.5 Å². The molecule has 178 valence electrons. The van der Waals surface area contributed by atoms with Gasteiger partial charge in [-0.15, -0.1) is 11.3 Å². The number of nitrogens with one attached hydrogen (secondary N) is 3. The number of amides is 3. The van der Waals surface area contributed by atoms with Gasteiger partial charge in [0.1, 0.15) is 5.00 Å². The van der Waals surface area contributed by atoms with Gasteiger partial charge < -0.3 is 19.7 Å². The van der Waals surface area contributed by atoms with E-state index in [1.807, 2.05) is 20.8 Å². The fraction of sp³-hybridized carbons (Fsp3) is 0.429. The lowest BCUT2D eigenvalue weighted by Crippen LogP contribution is -2.35. The molecular formula is C21H26N4O6S2. The van der Waals surface area contributed by atoms with E-state index >= 15 is 0 Å². The van der Waals surface area contributed by atoms with Crippen molar-refractivity contribution in [3.05, 3.63) is 34.7 Å². The summed E-state index contributed by atoms with van der Waals surface area (Å²) in [6.07, 6.45) is 0. The number of carbonyl (C=O) groups excluding carboxylic acids is 2. The zero-order valence-corrected chi connectivity index (χ0v) is 20.2. The molecule has 0 spiro atoms. The summed E-state index contributed by atoms with van der Waals surface area (Å²) in [5.74, 6) is 0.664. The molecule has 2 aliphatic heterocycles. The molecule has 4 rings (SSSR count). The smallest absolute Gasteiger partial charge is 0.324 e. The van der Waals surface area contributed by atoms with E-state index in [0.29, 0.717) is 27.8 Å². The van der Waals surface area contributed by atoms with Crippen molar-refractivity contribution in [2.24, 2.45) is 0 Å². The van der Waals surface area contributed by atoms with Crippen molar-refractivity contribution in [2.75, 3.05) is 42.8 Å². The minimum atomic E-state index is -3.39. The van der Waals surface area contributed by atoms with E-state index in [1.54, 1.807) is 24.3 Å². The van der Waals surface area contributed by atoms with Gasteiger partial charge in [0.05, 0.1) is 11.3 Å². The summed E-state index contributed by atoms with van der Waals surface area (Å²) in [5.41, 5.74) is 0.614. The van der Waals surface area contributed by atoms with Crippen LogP contribution in [-0.2, 0) is 15.4 Å². The summed E-state index contributed by atoms with van der Waals surface area (Å²) in [6.45, 7) is 6.68. The Bertz CT molecular complexity index is 1190. The Balaban J connectivity index is 1.55. The van der Waals surface area contributed by atoms with Crippen molar-refractivity contribution >= 4 is 44.0 Å². The van der Waals surface area contributed by atoms with Crippen LogP contribution in [0.3, 0.4) is 0 Å². The van der Waals surface area contributed by atoms with Crippen molar-refractivity contribution in [3.8, 4) is 11.5 Å². The molecule has 2 aromatic rings. The second-order valence-corrected chi connectivity index (χ2v) is 11.7. The Hall–Kier alpha value is -2.83. The second kappa shape index (κ2) is 8.84. The van der Waals surface area contributed by atoms with E-state index in [1.165, 1.54) is 16.2 Å². The minimum absolute atomic E-state index is 0.0810. The number of sulfonamides is 1. The molecule has 2 aliphatic rings. The van der Waals surface area contributed by atoms with Crippen LogP contribution in [0.15, 0.2) is 24.3 Å². The van der Waals surface area contributed by atoms with E-state index in [4.69, 9.17) is 9.47 Å². The van der Waals surface area contributed by atoms with Gasteiger partial charge in [-0.3, -0.25) is 10.1 Å². The number of hydrogen-bond donors (Lipinski definition) is 3. The van der Waals surface area contributed by atoms with Crippen molar-refractivity contribution < 1.29 is 27.5 Å². The molecule has 1 saturated heterocycles. The molecule has 0 atom stereocenters. The van der Waals surface area contributed by atoms with E-state index in [0.717, 1.165) is 4.88 Å². The van der Waals surface area contributed by atoms with E-state index in [9.17, 15) is 18.0 Å². The maximum atomic E-state index is 13.3. The van der Waals surface area contributed by atoms with Crippen LogP contribution < -0.4 is 24.8 Å². The van der Waals surface area contributed by atoms with Gasteiger partial charge in [0.2, 0.25) is 16.8 Å². The molecule has 3 heterocycles. The number of thiophene rings is 1. The summed E-state index contributed by atoms with van der Waals surface area (Å²) >= 11 is 1.32. The average Bonchev–Trinajstić information content (AvgIpc) is 3.32. The summed E-state index contributed by atoms with van der Waals surface area (Å²) in [7, 11) is -3.39. The summed E-state index contributed by atoms with van der Waals surface area (Å²) in [4.78, 5) is 28.4. The SMILES string of the molecule is CC(C)(C)c1cc(C(=O)N2CCNS(=O)(=O)CC2)c(NC(=O)Nc2ccc3c(c2)OCO3)s1. The lowest BCUT2D eigenvalue weighted by Gasteiger charge is -2.19. The maximum absolute atomic E-state index is 13.3. The van der Waals surface area contributed by atoms with Crippen LogP contribution in [0, 0.1) is 0 Å². The van der Waals surface area contributed by atoms with E-state index in [-0.39, 0.29) is 43.5 Å². The lowest BCUT2D eigenvalue weighted by atomic mass is 9.94. The highest BCUT2D eigenvalue weighted by Crippen LogP contribution is 2.37. The topological polar surface area (TPSA) is 126 Å². The van der Waals surface area contributed by atoms with Crippen LogP contribution in [-0.4, -0.2) is 57.4 Å². The molecule has 0 aliphatic carbocycles. The predicted octanol–water partition coefficient (Wildman–Crippen LogP) is 2.79. The molecule has 1 aromatic heterocycles. The zero-order valence-electron chi connectivity index (χ0n) is 18.6. The Morgan fingerprint density at radius 1 is 1.09 bits per heavy atom. The normalized spacial score (nSPS) is 17.4. The molecule has 0 unspecified atom stereocenters. The van der Waals surface area contributed by atoms with Crippen LogP contribution in [0.4, 0.5) is 15.5 Å². The fourth-order valence-electron chi connectivity index (χ4n) is 3.38. The van der Waals surface area contributed by atoms with Crippen LogP contribution in [0.1, 0.15) is 36.0 Å². The first kappa shape index (κ1) is 23.3. The molecule has 10 nitrogen and oxygen atoms in total. The molecule has 0 bridgehead atoms. The van der Waals surface area contributed by atoms with Gasteiger partial charge in [-0.05, 0) is 23.6 Å². The van der Waals surface area contributed by atoms with Crippen LogP contribution in [0.2, 0.25) is 0 Å². The Kier molecular flexibility index (Phi) is 6.25. The predicted molar refractivity (Wildman–Crippen MR) is 126 cm³/mol. The van der Waals surface area contributed by atoms with Gasteiger partial charge in [-0.25, -0.2) is 17.9 Å². The number of nitrogens with zero attached hydrogens (tertiary/aromatic N) is 1. The molecule has 12 heteroatoms. The number of urea groups is 1. The summed E-state index contributed by atoms with van der Waals surface area (Å²) < 4.78 is 36.7. The standard InChI is InChI=1S/C21H26N4O6S2/c1-21(2,3)17-11-14(19(26)25-7-6-22-33(28,29)9-8-25)18(32-17)24-20(27)23-13-4-5-15-16(10-13)31-12-30-15/h4-5,10-11,22H,6-9,12H2,1-3H3,(H2,23,24,27). The third-order valence-corrected chi connectivity index (χ3v) is 8.02. The maximum Gasteiger partial charge on any atom is 0.324 e. The first-order chi connectivity index (χ1) is 15.5. The zero-order chi connectivity index (χ0) is 23.8. The number of hydrogen-bond acceptors (Lipinski definition) is 7. The Morgan fingerprint density at radius 2 is 1.85 bits per heavy atom. The highest BCUT2D eigenvalue weighted by Gasteiger charge is 2.29. The molecule has 3 N–H and O–H groups in total. The van der Waals surface area contributed by atoms with E-state index in [2.05, 4.69) is 15.4 Å². The molecule has 0 radical (unpaired) electrons. The monoisotopic (exact) mass is 494 g/mol.